The summed E-state index contributed by atoms with van der Waals surface area (Å²) >= 11 is 0. The van der Waals surface area contributed by atoms with Crippen LogP contribution in [0.1, 0.15) is 22.3 Å². The highest BCUT2D eigenvalue weighted by Gasteiger charge is 2.31. The van der Waals surface area contributed by atoms with Crippen LogP contribution in [0.15, 0.2) is 41.3 Å². The van der Waals surface area contributed by atoms with Crippen molar-refractivity contribution >= 4 is 21.6 Å². The van der Waals surface area contributed by atoms with E-state index < -0.39 is 25.6 Å². The topological polar surface area (TPSA) is 113 Å². The van der Waals surface area contributed by atoms with Gasteiger partial charge in [-0.3, -0.25) is 14.9 Å². The van der Waals surface area contributed by atoms with E-state index in [1.165, 1.54) is 25.3 Å². The summed E-state index contributed by atoms with van der Waals surface area (Å²) in [5, 5.41) is 11.2. The molecule has 0 fully saturated rings. The lowest BCUT2D eigenvalue weighted by atomic mass is 10.1. The third kappa shape index (κ3) is 3.05. The molecule has 0 saturated carbocycles. The van der Waals surface area contributed by atoms with Crippen molar-refractivity contribution in [2.45, 2.75) is 17.7 Å². The Kier molecular flexibility index (Phi) is 4.17. The van der Waals surface area contributed by atoms with Gasteiger partial charge in [-0.1, -0.05) is 12.1 Å². The van der Waals surface area contributed by atoms with Gasteiger partial charge in [0, 0.05) is 17.5 Å². The van der Waals surface area contributed by atoms with Crippen LogP contribution < -0.4 is 8.92 Å². The number of benzene rings is 2. The highest BCUT2D eigenvalue weighted by Crippen LogP contribution is 2.34. The van der Waals surface area contributed by atoms with Crippen LogP contribution in [0.3, 0.4) is 0 Å². The first-order valence-electron chi connectivity index (χ1n) is 7.25. The zero-order valence-electron chi connectivity index (χ0n) is 13.1. The minimum atomic E-state index is -4.46. The molecule has 3 rings (SSSR count). The normalized spacial score (nSPS) is 13.4. The first kappa shape index (κ1) is 16.9. The number of nitrogens with zero attached hydrogens (tertiary/aromatic N) is 1. The second-order valence-corrected chi connectivity index (χ2v) is 6.85. The highest BCUT2D eigenvalue weighted by atomic mass is 32.2. The first-order chi connectivity index (χ1) is 11.8. The van der Waals surface area contributed by atoms with Gasteiger partial charge in [0.05, 0.1) is 18.1 Å². The van der Waals surface area contributed by atoms with E-state index >= 15 is 0 Å². The largest absolute Gasteiger partial charge is 0.497 e. The summed E-state index contributed by atoms with van der Waals surface area (Å²) in [7, 11) is -3.15. The van der Waals surface area contributed by atoms with E-state index in [0.29, 0.717) is 17.5 Å². The summed E-state index contributed by atoms with van der Waals surface area (Å²) < 4.78 is 35.1. The predicted molar refractivity (Wildman–Crippen MR) is 86.6 cm³/mol. The van der Waals surface area contributed by atoms with Crippen molar-refractivity contribution in [1.82, 2.24) is 0 Å². The van der Waals surface area contributed by atoms with Crippen molar-refractivity contribution in [2.24, 2.45) is 0 Å². The summed E-state index contributed by atoms with van der Waals surface area (Å²) in [6.45, 7) is 0. The van der Waals surface area contributed by atoms with Crippen LogP contribution in [0.4, 0.5) is 5.69 Å². The van der Waals surface area contributed by atoms with Crippen LogP contribution in [-0.4, -0.2) is 26.2 Å². The van der Waals surface area contributed by atoms with Crippen molar-refractivity contribution in [3.8, 4) is 11.5 Å². The molecule has 130 valence electrons. The Morgan fingerprint density at radius 1 is 1.16 bits per heavy atom. The molecule has 0 bridgehead atoms. The Balaban J connectivity index is 2.05. The fraction of sp³-hybridized carbons (Fsp3) is 0.188. The van der Waals surface area contributed by atoms with E-state index in [1.54, 1.807) is 6.07 Å². The molecule has 0 unspecified atom stereocenters. The molecule has 0 aliphatic heterocycles. The molecule has 25 heavy (non-hydrogen) atoms. The Labute approximate surface area is 143 Å². The number of ketones is 1. The maximum atomic E-state index is 12.6. The first-order valence-corrected chi connectivity index (χ1v) is 8.66. The number of hydrogen-bond acceptors (Lipinski definition) is 7. The smallest absolute Gasteiger partial charge is 0.346 e. The van der Waals surface area contributed by atoms with Gasteiger partial charge < -0.3 is 8.92 Å². The molecule has 0 radical (unpaired) electrons. The molecule has 2 aromatic carbocycles. The van der Waals surface area contributed by atoms with E-state index in [-0.39, 0.29) is 23.7 Å². The van der Waals surface area contributed by atoms with E-state index in [2.05, 4.69) is 0 Å². The number of nitro groups is 1. The fourth-order valence-electron chi connectivity index (χ4n) is 2.68. The molecule has 1 aliphatic carbocycles. The molecule has 0 atom stereocenters. The number of methoxy groups -OCH3 is 1. The zero-order chi connectivity index (χ0) is 18.2. The molecule has 0 saturated heterocycles. The Morgan fingerprint density at radius 2 is 1.92 bits per heavy atom. The molecule has 9 heteroatoms. The maximum Gasteiger partial charge on any atom is 0.346 e. The van der Waals surface area contributed by atoms with Crippen LogP contribution in [0.5, 0.6) is 11.5 Å². The number of rotatable bonds is 5. The third-order valence-corrected chi connectivity index (χ3v) is 5.15. The van der Waals surface area contributed by atoms with Gasteiger partial charge in [-0.2, -0.15) is 8.42 Å². The van der Waals surface area contributed by atoms with Gasteiger partial charge in [0.2, 0.25) is 0 Å². The van der Waals surface area contributed by atoms with Crippen molar-refractivity contribution < 1.29 is 27.1 Å². The number of Topliss-reactive ketones (excluding diaryl/α,β-unsaturated/α-hetero) is 1. The fourth-order valence-corrected chi connectivity index (χ4v) is 3.78. The number of hydrogen-bond donors (Lipinski definition) is 0. The van der Waals surface area contributed by atoms with Crippen molar-refractivity contribution in [3.63, 3.8) is 0 Å². The monoisotopic (exact) mass is 363 g/mol. The van der Waals surface area contributed by atoms with Gasteiger partial charge in [-0.15, -0.1) is 0 Å². The molecular weight excluding hydrogens is 350 g/mol. The van der Waals surface area contributed by atoms with Crippen molar-refractivity contribution in [3.05, 3.63) is 57.6 Å². The third-order valence-electron chi connectivity index (χ3n) is 3.87. The molecular formula is C16H13NO7S. The molecule has 2 aromatic rings. The lowest BCUT2D eigenvalue weighted by Gasteiger charge is -2.11. The molecule has 8 nitrogen and oxygen atoms in total. The molecule has 0 aromatic heterocycles. The minimum absolute atomic E-state index is 0.00784. The lowest BCUT2D eigenvalue weighted by molar-refractivity contribution is -0.388. The number of fused-ring (bicyclic) bond motifs is 1. The van der Waals surface area contributed by atoms with Crippen molar-refractivity contribution in [1.29, 1.82) is 0 Å². The summed E-state index contributed by atoms with van der Waals surface area (Å²) in [6, 6.07) is 7.89. The molecule has 0 N–H and O–H groups in total. The lowest BCUT2D eigenvalue weighted by Crippen LogP contribution is -2.13. The van der Waals surface area contributed by atoms with Gasteiger partial charge in [0.25, 0.3) is 5.69 Å². The van der Waals surface area contributed by atoms with Gasteiger partial charge in [-0.25, -0.2) is 0 Å². The average molecular weight is 363 g/mol. The minimum Gasteiger partial charge on any atom is -0.497 e. The van der Waals surface area contributed by atoms with Crippen LogP contribution >= 0.6 is 0 Å². The standard InChI is InChI=1S/C16H13NO7S/c1-23-10-5-8-16(13(9-10)17(19)20)25(21,22)24-15-4-2-3-11-12(15)6-7-14(11)18/h2-5,8-9H,6-7H2,1H3. The summed E-state index contributed by atoms with van der Waals surface area (Å²) in [5.74, 6) is 0.0681. The van der Waals surface area contributed by atoms with Crippen LogP contribution in [0.25, 0.3) is 0 Å². The van der Waals surface area contributed by atoms with Gasteiger partial charge in [-0.05, 0) is 24.6 Å². The Bertz CT molecular complexity index is 982. The quantitative estimate of drug-likeness (QED) is 0.455. The van der Waals surface area contributed by atoms with Gasteiger partial charge in [0.15, 0.2) is 10.7 Å². The summed E-state index contributed by atoms with van der Waals surface area (Å²) in [6.07, 6.45) is 0.642. The number of ether oxygens (including phenoxy) is 1. The number of carbonyl (C=O) groups excluding carboxylic acids is 1. The molecule has 0 amide bonds. The number of carbonyl (C=O) groups is 1. The molecule has 0 heterocycles. The Morgan fingerprint density at radius 3 is 2.60 bits per heavy atom. The maximum absolute atomic E-state index is 12.6. The van der Waals surface area contributed by atoms with E-state index in [4.69, 9.17) is 8.92 Å². The second kappa shape index (κ2) is 6.17. The van der Waals surface area contributed by atoms with Gasteiger partial charge in [0.1, 0.15) is 11.5 Å². The molecule has 1 aliphatic rings. The summed E-state index contributed by atoms with van der Waals surface area (Å²) in [5.41, 5.74) is 0.257. The predicted octanol–water partition coefficient (Wildman–Crippen LogP) is 2.50. The van der Waals surface area contributed by atoms with Crippen molar-refractivity contribution in [2.75, 3.05) is 7.11 Å². The van der Waals surface area contributed by atoms with Crippen LogP contribution in [-0.2, 0) is 16.5 Å². The SMILES string of the molecule is COc1ccc(S(=O)(=O)Oc2cccc3c2CCC3=O)c([N+](=O)[O-])c1. The molecule has 0 spiro atoms. The van der Waals surface area contributed by atoms with E-state index in [1.807, 2.05) is 0 Å². The average Bonchev–Trinajstić information content (AvgIpc) is 2.96. The number of nitro benzene ring substituents is 1. The van der Waals surface area contributed by atoms with Crippen LogP contribution in [0, 0.1) is 10.1 Å². The van der Waals surface area contributed by atoms with Gasteiger partial charge >= 0.3 is 10.1 Å². The van der Waals surface area contributed by atoms with E-state index in [9.17, 15) is 23.3 Å². The highest BCUT2D eigenvalue weighted by molar-refractivity contribution is 7.87. The van der Waals surface area contributed by atoms with E-state index in [0.717, 1.165) is 12.1 Å². The Hall–Kier alpha value is -2.94. The van der Waals surface area contributed by atoms with Crippen LogP contribution in [0.2, 0.25) is 0 Å². The summed E-state index contributed by atoms with van der Waals surface area (Å²) in [4.78, 5) is 21.6. The zero-order valence-corrected chi connectivity index (χ0v) is 13.9. The second-order valence-electron chi connectivity index (χ2n) is 5.33.